The molecule has 162 valence electrons. The Morgan fingerprint density at radius 1 is 1.12 bits per heavy atom. The second-order valence-electron chi connectivity index (χ2n) is 6.98. The minimum Gasteiger partial charge on any atom is -0.504 e. The van der Waals surface area contributed by atoms with Gasteiger partial charge in [-0.25, -0.2) is 9.97 Å². The summed E-state index contributed by atoms with van der Waals surface area (Å²) in [4.78, 5) is 32.3. The van der Waals surface area contributed by atoms with Crippen molar-refractivity contribution < 1.29 is 19.4 Å². The minimum absolute atomic E-state index is 0.193. The maximum absolute atomic E-state index is 12.4. The maximum Gasteiger partial charge on any atom is 0.325 e. The first-order valence-electron chi connectivity index (χ1n) is 10.0. The molecule has 3 aromatic rings. The molecule has 32 heavy (non-hydrogen) atoms. The fourth-order valence-electron chi connectivity index (χ4n) is 3.08. The van der Waals surface area contributed by atoms with Crippen molar-refractivity contribution in [1.29, 1.82) is 5.26 Å². The Balaban J connectivity index is 1.76. The quantitative estimate of drug-likeness (QED) is 0.552. The number of nitrogens with zero attached hydrogens (tertiary/aromatic N) is 3. The van der Waals surface area contributed by atoms with Crippen LogP contribution in [-0.4, -0.2) is 40.1 Å². The second-order valence-corrected chi connectivity index (χ2v) is 6.98. The van der Waals surface area contributed by atoms with Gasteiger partial charge in [-0.3, -0.25) is 9.59 Å². The number of aryl methyl sites for hydroxylation is 1. The molecule has 0 saturated heterocycles. The Hall–Kier alpha value is -4.25. The van der Waals surface area contributed by atoms with Gasteiger partial charge < -0.3 is 15.2 Å². The Morgan fingerprint density at radius 2 is 1.88 bits per heavy atom. The van der Waals surface area contributed by atoms with Gasteiger partial charge in [0.15, 0.2) is 11.4 Å². The van der Waals surface area contributed by atoms with Gasteiger partial charge in [0, 0.05) is 6.42 Å². The van der Waals surface area contributed by atoms with Gasteiger partial charge >= 0.3 is 5.97 Å². The van der Waals surface area contributed by atoms with Crippen LogP contribution in [0.5, 0.6) is 5.75 Å². The van der Waals surface area contributed by atoms with E-state index in [4.69, 9.17) is 10.00 Å². The number of aromatic hydroxyl groups is 1. The van der Waals surface area contributed by atoms with Crippen LogP contribution in [0.1, 0.15) is 40.1 Å². The fraction of sp³-hybridized carbons (Fsp3) is 0.208. The highest BCUT2D eigenvalue weighted by molar-refractivity contribution is 5.96. The molecule has 0 radical (unpaired) electrons. The molecular weight excluding hydrogens is 408 g/mol. The molecule has 0 unspecified atom stereocenters. The van der Waals surface area contributed by atoms with E-state index in [1.807, 2.05) is 42.5 Å². The summed E-state index contributed by atoms with van der Waals surface area (Å²) in [6.07, 6.45) is 0.345. The molecule has 0 fully saturated rings. The van der Waals surface area contributed by atoms with Crippen molar-refractivity contribution in [2.24, 2.45) is 0 Å². The number of carbonyl (C=O) groups is 2. The maximum atomic E-state index is 12.4. The third-order valence-corrected chi connectivity index (χ3v) is 4.66. The van der Waals surface area contributed by atoms with Crippen molar-refractivity contribution in [2.45, 2.75) is 20.3 Å². The van der Waals surface area contributed by atoms with Gasteiger partial charge in [0.1, 0.15) is 12.4 Å². The Labute approximate surface area is 185 Å². The molecule has 0 bridgehead atoms. The molecule has 8 heteroatoms. The predicted molar refractivity (Wildman–Crippen MR) is 117 cm³/mol. The zero-order valence-corrected chi connectivity index (χ0v) is 17.8. The first-order chi connectivity index (χ1) is 15.4. The van der Waals surface area contributed by atoms with E-state index in [1.165, 1.54) is 0 Å². The van der Waals surface area contributed by atoms with E-state index < -0.39 is 11.9 Å². The number of hydrogen-bond donors (Lipinski definition) is 2. The summed E-state index contributed by atoms with van der Waals surface area (Å²) in [6, 6.07) is 17.2. The van der Waals surface area contributed by atoms with E-state index in [-0.39, 0.29) is 30.3 Å². The van der Waals surface area contributed by atoms with Crippen LogP contribution >= 0.6 is 0 Å². The third kappa shape index (κ3) is 5.46. The number of nitriles is 1. The summed E-state index contributed by atoms with van der Waals surface area (Å²) in [5, 5.41) is 21.7. The number of nitrogens with one attached hydrogen (secondary N) is 1. The van der Waals surface area contributed by atoms with E-state index in [1.54, 1.807) is 19.9 Å². The molecule has 0 saturated carbocycles. The Bertz CT molecular complexity index is 1180. The molecule has 1 amide bonds. The summed E-state index contributed by atoms with van der Waals surface area (Å²) in [7, 11) is 0. The molecule has 0 aliphatic carbocycles. The molecule has 3 rings (SSSR count). The smallest absolute Gasteiger partial charge is 0.325 e. The van der Waals surface area contributed by atoms with Crippen molar-refractivity contribution in [3.8, 4) is 22.9 Å². The van der Waals surface area contributed by atoms with Gasteiger partial charge in [0.2, 0.25) is 0 Å². The number of ether oxygens (including phenoxy) is 1. The highest BCUT2D eigenvalue weighted by atomic mass is 16.5. The Morgan fingerprint density at radius 3 is 2.56 bits per heavy atom. The van der Waals surface area contributed by atoms with Crippen molar-refractivity contribution in [3.05, 3.63) is 76.9 Å². The first-order valence-corrected chi connectivity index (χ1v) is 10.0. The van der Waals surface area contributed by atoms with Gasteiger partial charge in [0.25, 0.3) is 5.91 Å². The predicted octanol–water partition coefficient (Wildman–Crippen LogP) is 2.91. The number of rotatable bonds is 7. The van der Waals surface area contributed by atoms with Gasteiger partial charge in [0.05, 0.1) is 23.9 Å². The number of carbonyl (C=O) groups excluding carboxylic acids is 2. The molecule has 0 aliphatic heterocycles. The van der Waals surface area contributed by atoms with Crippen LogP contribution in [0.2, 0.25) is 0 Å². The monoisotopic (exact) mass is 430 g/mol. The van der Waals surface area contributed by atoms with Crippen molar-refractivity contribution >= 4 is 11.9 Å². The van der Waals surface area contributed by atoms with Crippen LogP contribution in [0, 0.1) is 18.3 Å². The molecule has 2 N–H and O–H groups in total. The number of hydrogen-bond acceptors (Lipinski definition) is 7. The number of benzene rings is 2. The van der Waals surface area contributed by atoms with Gasteiger partial charge in [-0.15, -0.1) is 0 Å². The molecule has 0 aliphatic rings. The normalized spacial score (nSPS) is 10.3. The lowest BCUT2D eigenvalue weighted by atomic mass is 10.0. The Kier molecular flexibility index (Phi) is 7.13. The molecule has 0 atom stereocenters. The largest absolute Gasteiger partial charge is 0.504 e. The average molecular weight is 430 g/mol. The summed E-state index contributed by atoms with van der Waals surface area (Å²) in [5.74, 6) is -1.23. The van der Waals surface area contributed by atoms with Crippen LogP contribution in [-0.2, 0) is 16.0 Å². The van der Waals surface area contributed by atoms with E-state index in [0.29, 0.717) is 17.8 Å². The first kappa shape index (κ1) is 22.4. The molecular formula is C24H22N4O4. The third-order valence-electron chi connectivity index (χ3n) is 4.66. The second kappa shape index (κ2) is 10.2. The van der Waals surface area contributed by atoms with Crippen LogP contribution in [0.3, 0.4) is 0 Å². The van der Waals surface area contributed by atoms with Crippen molar-refractivity contribution in [1.82, 2.24) is 15.3 Å². The molecule has 1 heterocycles. The summed E-state index contributed by atoms with van der Waals surface area (Å²) in [5.41, 5.74) is 3.48. The highest BCUT2D eigenvalue weighted by Gasteiger charge is 2.19. The lowest BCUT2D eigenvalue weighted by molar-refractivity contribution is -0.141. The van der Waals surface area contributed by atoms with E-state index in [2.05, 4.69) is 21.4 Å². The van der Waals surface area contributed by atoms with Crippen LogP contribution < -0.4 is 5.32 Å². The average Bonchev–Trinajstić information content (AvgIpc) is 2.80. The van der Waals surface area contributed by atoms with Gasteiger partial charge in [-0.1, -0.05) is 36.4 Å². The molecule has 0 spiro atoms. The van der Waals surface area contributed by atoms with E-state index >= 15 is 0 Å². The van der Waals surface area contributed by atoms with Crippen molar-refractivity contribution in [2.75, 3.05) is 13.2 Å². The van der Waals surface area contributed by atoms with Crippen LogP contribution in [0.25, 0.3) is 11.1 Å². The number of esters is 1. The van der Waals surface area contributed by atoms with Crippen LogP contribution in [0.4, 0.5) is 0 Å². The van der Waals surface area contributed by atoms with E-state index in [0.717, 1.165) is 16.7 Å². The van der Waals surface area contributed by atoms with Crippen molar-refractivity contribution in [3.63, 3.8) is 0 Å². The number of aromatic nitrogens is 2. The standard InChI is InChI=1S/C24H22N4O4/c1-3-32-21(29)14-26-24(31)22-23(30)15(2)27-20(28-22)12-16-7-9-18(10-8-16)19-6-4-5-17(11-19)13-25/h4-11,30H,3,12,14H2,1-2H3,(H,26,31). The fourth-order valence-corrected chi connectivity index (χ4v) is 3.08. The summed E-state index contributed by atoms with van der Waals surface area (Å²) < 4.78 is 4.77. The summed E-state index contributed by atoms with van der Waals surface area (Å²) >= 11 is 0. The van der Waals surface area contributed by atoms with Crippen LogP contribution in [0.15, 0.2) is 48.5 Å². The van der Waals surface area contributed by atoms with E-state index in [9.17, 15) is 14.7 Å². The zero-order valence-electron chi connectivity index (χ0n) is 17.8. The molecule has 2 aromatic carbocycles. The zero-order chi connectivity index (χ0) is 23.1. The minimum atomic E-state index is -0.685. The lowest BCUT2D eigenvalue weighted by Gasteiger charge is -2.10. The SMILES string of the molecule is CCOC(=O)CNC(=O)c1nc(Cc2ccc(-c3cccc(C#N)c3)cc2)nc(C)c1O. The molecule has 1 aromatic heterocycles. The number of amides is 1. The van der Waals surface area contributed by atoms with Gasteiger partial charge in [-0.05, 0) is 42.7 Å². The highest BCUT2D eigenvalue weighted by Crippen LogP contribution is 2.23. The van der Waals surface area contributed by atoms with Gasteiger partial charge in [-0.2, -0.15) is 5.26 Å². The summed E-state index contributed by atoms with van der Waals surface area (Å²) in [6.45, 7) is 3.13. The topological polar surface area (TPSA) is 125 Å². The molecule has 8 nitrogen and oxygen atoms in total. The lowest BCUT2D eigenvalue weighted by Crippen LogP contribution is -2.31.